The molecule has 96 valence electrons. The number of aliphatic carboxylic acids is 1. The number of benzene rings is 2. The van der Waals surface area contributed by atoms with E-state index in [9.17, 15) is 4.79 Å². The van der Waals surface area contributed by atoms with Crippen LogP contribution in [0.1, 0.15) is 11.1 Å². The van der Waals surface area contributed by atoms with E-state index in [4.69, 9.17) is 5.11 Å². The van der Waals surface area contributed by atoms with E-state index < -0.39 is 5.97 Å². The maximum atomic E-state index is 10.6. The summed E-state index contributed by atoms with van der Waals surface area (Å²) in [5, 5.41) is 8.68. The zero-order valence-corrected chi connectivity index (χ0v) is 11.1. The predicted octanol–water partition coefficient (Wildman–Crippen LogP) is 4.08. The zero-order valence-electron chi connectivity index (χ0n) is 10.3. The van der Waals surface area contributed by atoms with Gasteiger partial charge < -0.3 is 5.11 Å². The Labute approximate surface area is 116 Å². The van der Waals surface area contributed by atoms with Gasteiger partial charge in [0.25, 0.3) is 0 Å². The van der Waals surface area contributed by atoms with Crippen molar-refractivity contribution in [3.8, 4) is 0 Å². The van der Waals surface area contributed by atoms with E-state index in [-0.39, 0.29) is 0 Å². The second-order valence-corrected chi connectivity index (χ2v) is 5.00. The molecule has 2 aromatic carbocycles. The largest absolute Gasteiger partial charge is 0.478 e. The number of carbonyl (C=O) groups is 1. The second kappa shape index (κ2) is 6.81. The number of thioether (sulfide) groups is 1. The number of carboxylic acid groups (broad SMARTS) is 1. The molecule has 0 fully saturated rings. The Morgan fingerprint density at radius 3 is 2.47 bits per heavy atom. The third-order valence-corrected chi connectivity index (χ3v) is 3.72. The maximum Gasteiger partial charge on any atom is 0.328 e. The van der Waals surface area contributed by atoms with Gasteiger partial charge in [-0.3, -0.25) is 0 Å². The van der Waals surface area contributed by atoms with Gasteiger partial charge >= 0.3 is 5.97 Å². The second-order valence-electron chi connectivity index (χ2n) is 3.98. The number of rotatable bonds is 5. The Balaban J connectivity index is 2.10. The van der Waals surface area contributed by atoms with Crippen molar-refractivity contribution in [1.82, 2.24) is 0 Å². The van der Waals surface area contributed by atoms with Gasteiger partial charge in [0.1, 0.15) is 0 Å². The minimum Gasteiger partial charge on any atom is -0.478 e. The minimum absolute atomic E-state index is 0.874. The molecule has 2 aromatic rings. The molecule has 0 bridgehead atoms. The van der Waals surface area contributed by atoms with E-state index in [0.717, 1.165) is 16.2 Å². The van der Waals surface area contributed by atoms with Crippen LogP contribution in [0.3, 0.4) is 0 Å². The maximum absolute atomic E-state index is 10.6. The number of hydrogen-bond donors (Lipinski definition) is 1. The van der Waals surface area contributed by atoms with Crippen molar-refractivity contribution in [3.63, 3.8) is 0 Å². The predicted molar refractivity (Wildman–Crippen MR) is 79.1 cm³/mol. The first-order valence-electron chi connectivity index (χ1n) is 5.92. The van der Waals surface area contributed by atoms with Gasteiger partial charge in [-0.25, -0.2) is 4.79 Å². The lowest BCUT2D eigenvalue weighted by Gasteiger charge is -2.05. The van der Waals surface area contributed by atoms with Crippen LogP contribution >= 0.6 is 11.8 Å². The molecule has 0 aliphatic carbocycles. The molecule has 1 N–H and O–H groups in total. The van der Waals surface area contributed by atoms with Crippen molar-refractivity contribution in [2.75, 3.05) is 0 Å². The first-order valence-corrected chi connectivity index (χ1v) is 6.91. The monoisotopic (exact) mass is 270 g/mol. The Bertz CT molecular complexity index is 576. The van der Waals surface area contributed by atoms with Crippen molar-refractivity contribution in [2.24, 2.45) is 0 Å². The third kappa shape index (κ3) is 4.30. The Morgan fingerprint density at radius 1 is 1.05 bits per heavy atom. The first kappa shape index (κ1) is 13.4. The van der Waals surface area contributed by atoms with Crippen LogP contribution in [0.2, 0.25) is 0 Å². The Kier molecular flexibility index (Phi) is 4.81. The molecule has 0 atom stereocenters. The van der Waals surface area contributed by atoms with Gasteiger partial charge in [0.2, 0.25) is 0 Å². The molecule has 0 saturated heterocycles. The Morgan fingerprint density at radius 2 is 1.74 bits per heavy atom. The van der Waals surface area contributed by atoms with Crippen molar-refractivity contribution in [2.45, 2.75) is 10.6 Å². The van der Waals surface area contributed by atoms with Crippen LogP contribution in [0.5, 0.6) is 0 Å². The minimum atomic E-state index is -0.928. The lowest BCUT2D eigenvalue weighted by atomic mass is 10.2. The molecule has 0 aromatic heterocycles. The summed E-state index contributed by atoms with van der Waals surface area (Å²) in [5.41, 5.74) is 2.19. The fraction of sp³-hybridized carbons (Fsp3) is 0.0625. The molecule has 3 heteroatoms. The molecule has 0 heterocycles. The van der Waals surface area contributed by atoms with Crippen LogP contribution in [0, 0.1) is 0 Å². The van der Waals surface area contributed by atoms with Crippen molar-refractivity contribution < 1.29 is 9.90 Å². The van der Waals surface area contributed by atoms with Gasteiger partial charge in [0, 0.05) is 16.7 Å². The van der Waals surface area contributed by atoms with Crippen molar-refractivity contribution in [1.29, 1.82) is 0 Å². The van der Waals surface area contributed by atoms with Gasteiger partial charge in [-0.2, -0.15) is 0 Å². The molecule has 0 unspecified atom stereocenters. The summed E-state index contributed by atoms with van der Waals surface area (Å²) in [4.78, 5) is 11.7. The fourth-order valence-corrected chi connectivity index (χ4v) is 2.64. The van der Waals surface area contributed by atoms with Crippen LogP contribution in [-0.4, -0.2) is 11.1 Å². The van der Waals surface area contributed by atoms with Gasteiger partial charge in [-0.15, -0.1) is 11.8 Å². The van der Waals surface area contributed by atoms with Crippen LogP contribution in [0.25, 0.3) is 6.08 Å². The highest BCUT2D eigenvalue weighted by molar-refractivity contribution is 7.98. The van der Waals surface area contributed by atoms with Crippen LogP contribution in [0.4, 0.5) is 0 Å². The molecule has 0 saturated carbocycles. The molecule has 0 spiro atoms. The average molecular weight is 270 g/mol. The molecule has 0 amide bonds. The molecule has 0 aliphatic rings. The lowest BCUT2D eigenvalue weighted by molar-refractivity contribution is -0.131. The molecule has 2 rings (SSSR count). The first-order chi connectivity index (χ1) is 9.25. The van der Waals surface area contributed by atoms with Gasteiger partial charge in [0.05, 0.1) is 0 Å². The van der Waals surface area contributed by atoms with E-state index in [1.54, 1.807) is 17.8 Å². The normalized spacial score (nSPS) is 10.7. The summed E-state index contributed by atoms with van der Waals surface area (Å²) in [5.74, 6) is -0.0541. The van der Waals surface area contributed by atoms with Gasteiger partial charge in [-0.05, 0) is 23.3 Å². The summed E-state index contributed by atoms with van der Waals surface area (Å²) in [6, 6.07) is 18.0. The highest BCUT2D eigenvalue weighted by atomic mass is 32.2. The van der Waals surface area contributed by atoms with E-state index in [1.807, 2.05) is 42.5 Å². The smallest absolute Gasteiger partial charge is 0.328 e. The third-order valence-electron chi connectivity index (χ3n) is 2.56. The summed E-state index contributed by atoms with van der Waals surface area (Å²) in [7, 11) is 0. The quantitative estimate of drug-likeness (QED) is 0.657. The van der Waals surface area contributed by atoms with Gasteiger partial charge in [0.15, 0.2) is 0 Å². The van der Waals surface area contributed by atoms with E-state index in [2.05, 4.69) is 12.1 Å². The molecular weight excluding hydrogens is 256 g/mol. The zero-order chi connectivity index (χ0) is 13.5. The highest BCUT2D eigenvalue weighted by Crippen LogP contribution is 2.27. The standard InChI is InChI=1S/C16H14O2S/c17-16(18)11-10-14-8-4-5-9-15(14)19-12-13-6-2-1-3-7-13/h1-11H,12H2,(H,17,18)/b11-10+. The molecule has 2 nitrogen and oxygen atoms in total. The molecular formula is C16H14O2S. The summed E-state index contributed by atoms with van der Waals surface area (Å²) >= 11 is 1.71. The topological polar surface area (TPSA) is 37.3 Å². The number of carboxylic acids is 1. The summed E-state index contributed by atoms with van der Waals surface area (Å²) in [6.07, 6.45) is 2.80. The SMILES string of the molecule is O=C(O)/C=C/c1ccccc1SCc1ccccc1. The van der Waals surface area contributed by atoms with E-state index >= 15 is 0 Å². The molecule has 0 aliphatic heterocycles. The van der Waals surface area contributed by atoms with Crippen molar-refractivity contribution >= 4 is 23.8 Å². The van der Waals surface area contributed by atoms with Crippen LogP contribution in [0.15, 0.2) is 65.6 Å². The van der Waals surface area contributed by atoms with E-state index in [0.29, 0.717) is 0 Å². The molecule has 19 heavy (non-hydrogen) atoms. The van der Waals surface area contributed by atoms with Crippen LogP contribution in [-0.2, 0) is 10.5 Å². The van der Waals surface area contributed by atoms with E-state index in [1.165, 1.54) is 11.6 Å². The fourth-order valence-electron chi connectivity index (χ4n) is 1.65. The Hall–Kier alpha value is -2.00. The lowest BCUT2D eigenvalue weighted by Crippen LogP contribution is -1.87. The summed E-state index contributed by atoms with van der Waals surface area (Å²) in [6.45, 7) is 0. The highest BCUT2D eigenvalue weighted by Gasteiger charge is 2.01. The van der Waals surface area contributed by atoms with Gasteiger partial charge in [-0.1, -0.05) is 48.5 Å². The average Bonchev–Trinajstić information content (AvgIpc) is 2.45. The van der Waals surface area contributed by atoms with Crippen LogP contribution < -0.4 is 0 Å². The summed E-state index contributed by atoms with van der Waals surface area (Å²) < 4.78 is 0. The van der Waals surface area contributed by atoms with Crippen molar-refractivity contribution in [3.05, 3.63) is 71.8 Å². The number of hydrogen-bond acceptors (Lipinski definition) is 2. The molecule has 0 radical (unpaired) electrons.